The topological polar surface area (TPSA) is 69.6 Å². The molecule has 2 N–H and O–H groups in total. The van der Waals surface area contributed by atoms with Gasteiger partial charge in [0, 0.05) is 40.9 Å². The molecule has 1 aliphatic carbocycles. The molecule has 0 aromatic heterocycles. The second kappa shape index (κ2) is 7.58. The maximum Gasteiger partial charge on any atom is 0.317 e. The Morgan fingerprint density at radius 3 is 2.81 bits per heavy atom. The van der Waals surface area contributed by atoms with Crippen LogP contribution in [0.1, 0.15) is 46.0 Å². The third-order valence-electron chi connectivity index (χ3n) is 4.82. The molecule has 5 unspecified atom stereocenters. The molecule has 1 heterocycles. The fourth-order valence-electron chi connectivity index (χ4n) is 3.25. The van der Waals surface area contributed by atoms with Crippen molar-refractivity contribution in [2.24, 2.45) is 5.92 Å². The number of aliphatic hydroxyl groups is 1. The second-order valence-electron chi connectivity index (χ2n) is 6.38. The number of carbonyl (C=O) groups excluding carboxylic acids is 1. The van der Waals surface area contributed by atoms with Crippen LogP contribution >= 0.6 is 0 Å². The van der Waals surface area contributed by atoms with Gasteiger partial charge in [-0.15, -0.1) is 0 Å². The van der Waals surface area contributed by atoms with Gasteiger partial charge in [-0.25, -0.2) is 4.79 Å². The van der Waals surface area contributed by atoms with Crippen molar-refractivity contribution in [1.29, 1.82) is 0 Å². The molecule has 6 heteroatoms. The van der Waals surface area contributed by atoms with Crippen LogP contribution in [0.2, 0.25) is 0 Å². The summed E-state index contributed by atoms with van der Waals surface area (Å²) in [7, 11) is -0.769. The van der Waals surface area contributed by atoms with Crippen LogP contribution in [0.15, 0.2) is 0 Å². The standard InChI is InChI=1S/C15H28N2O3S/c1-3-21(20)13-6-4-5-12(9-13)16-15(19)17-8-7-11(2)14(18)10-17/h11-14,18H,3-10H2,1-2H3,(H,16,19). The Balaban J connectivity index is 1.83. The van der Waals surface area contributed by atoms with Crippen molar-refractivity contribution in [1.82, 2.24) is 10.2 Å². The number of hydrogen-bond acceptors (Lipinski definition) is 3. The monoisotopic (exact) mass is 316 g/mol. The van der Waals surface area contributed by atoms with Gasteiger partial charge >= 0.3 is 6.03 Å². The molecule has 1 aliphatic heterocycles. The van der Waals surface area contributed by atoms with Crippen molar-refractivity contribution >= 4 is 16.8 Å². The third-order valence-corrected chi connectivity index (χ3v) is 6.56. The number of β-amino-alcohol motifs (C(OH)–C–C–N with tert-alkyl or cyclic N) is 1. The number of carbonyl (C=O) groups is 1. The summed E-state index contributed by atoms with van der Waals surface area (Å²) in [5.74, 6) is 0.960. The van der Waals surface area contributed by atoms with Gasteiger partial charge in [-0.2, -0.15) is 0 Å². The summed E-state index contributed by atoms with van der Waals surface area (Å²) < 4.78 is 11.9. The van der Waals surface area contributed by atoms with Gasteiger partial charge in [0.15, 0.2) is 0 Å². The van der Waals surface area contributed by atoms with E-state index >= 15 is 0 Å². The van der Waals surface area contributed by atoms with Gasteiger partial charge in [-0.1, -0.05) is 20.3 Å². The van der Waals surface area contributed by atoms with Crippen molar-refractivity contribution in [3.8, 4) is 0 Å². The van der Waals surface area contributed by atoms with Crippen LogP contribution in [-0.2, 0) is 10.8 Å². The predicted molar refractivity (Wildman–Crippen MR) is 84.6 cm³/mol. The second-order valence-corrected chi connectivity index (χ2v) is 8.39. The lowest BCUT2D eigenvalue weighted by molar-refractivity contribution is 0.0427. The summed E-state index contributed by atoms with van der Waals surface area (Å²) in [5, 5.41) is 13.2. The lowest BCUT2D eigenvalue weighted by atomic mass is 9.94. The van der Waals surface area contributed by atoms with Crippen LogP contribution < -0.4 is 5.32 Å². The Hall–Kier alpha value is -0.620. The minimum absolute atomic E-state index is 0.0751. The van der Waals surface area contributed by atoms with E-state index in [1.54, 1.807) is 4.90 Å². The number of likely N-dealkylation sites (tertiary alicyclic amines) is 1. The number of piperidine rings is 1. The molecule has 0 bridgehead atoms. The number of urea groups is 1. The Bertz CT molecular complexity index is 391. The van der Waals surface area contributed by atoms with E-state index in [4.69, 9.17) is 0 Å². The zero-order valence-electron chi connectivity index (χ0n) is 13.1. The van der Waals surface area contributed by atoms with Crippen LogP contribution in [0.25, 0.3) is 0 Å². The highest BCUT2D eigenvalue weighted by molar-refractivity contribution is 7.85. The van der Waals surface area contributed by atoms with E-state index in [9.17, 15) is 14.1 Å². The lowest BCUT2D eigenvalue weighted by Gasteiger charge is -2.36. The summed E-state index contributed by atoms with van der Waals surface area (Å²) in [6.45, 7) is 5.10. The molecule has 5 atom stereocenters. The van der Waals surface area contributed by atoms with E-state index in [1.807, 2.05) is 13.8 Å². The van der Waals surface area contributed by atoms with E-state index in [0.717, 1.165) is 32.1 Å². The molecule has 2 rings (SSSR count). The minimum atomic E-state index is -0.769. The lowest BCUT2D eigenvalue weighted by Crippen LogP contribution is -2.52. The summed E-state index contributed by atoms with van der Waals surface area (Å²) in [6, 6.07) is 0.0529. The van der Waals surface area contributed by atoms with Crippen molar-refractivity contribution in [2.75, 3.05) is 18.8 Å². The van der Waals surface area contributed by atoms with Crippen LogP contribution in [0.3, 0.4) is 0 Å². The zero-order chi connectivity index (χ0) is 15.4. The van der Waals surface area contributed by atoms with Gasteiger partial charge < -0.3 is 15.3 Å². The Kier molecular flexibility index (Phi) is 6.05. The first-order chi connectivity index (χ1) is 10.0. The summed E-state index contributed by atoms with van der Waals surface area (Å²) >= 11 is 0. The molecule has 1 saturated heterocycles. The normalized spacial score (nSPS) is 35.3. The molecule has 5 nitrogen and oxygen atoms in total. The third kappa shape index (κ3) is 4.42. The first kappa shape index (κ1) is 16.7. The van der Waals surface area contributed by atoms with Gasteiger partial charge in [0.25, 0.3) is 0 Å². The average molecular weight is 316 g/mol. The van der Waals surface area contributed by atoms with E-state index in [-0.39, 0.29) is 23.2 Å². The number of nitrogens with one attached hydrogen (secondary N) is 1. The molecular formula is C15H28N2O3S. The van der Waals surface area contributed by atoms with E-state index in [2.05, 4.69) is 5.32 Å². The van der Waals surface area contributed by atoms with Crippen molar-refractivity contribution in [3.63, 3.8) is 0 Å². The van der Waals surface area contributed by atoms with E-state index in [0.29, 0.717) is 18.8 Å². The number of nitrogens with zero attached hydrogens (tertiary/aromatic N) is 1. The van der Waals surface area contributed by atoms with Gasteiger partial charge in [-0.05, 0) is 31.6 Å². The molecule has 0 aromatic carbocycles. The van der Waals surface area contributed by atoms with Gasteiger partial charge in [-0.3, -0.25) is 4.21 Å². The van der Waals surface area contributed by atoms with Crippen molar-refractivity contribution in [3.05, 3.63) is 0 Å². The summed E-state index contributed by atoms with van der Waals surface area (Å²) in [5.41, 5.74) is 0. The maximum absolute atomic E-state index is 12.3. The summed E-state index contributed by atoms with van der Waals surface area (Å²) in [6.07, 6.45) is 4.25. The molecule has 122 valence electrons. The molecule has 0 aromatic rings. The van der Waals surface area contributed by atoms with Crippen LogP contribution in [0.5, 0.6) is 0 Å². The Labute approximate surface area is 129 Å². The highest BCUT2D eigenvalue weighted by Crippen LogP contribution is 2.24. The predicted octanol–water partition coefficient (Wildman–Crippen LogP) is 1.48. The van der Waals surface area contributed by atoms with Crippen molar-refractivity contribution < 1.29 is 14.1 Å². The largest absolute Gasteiger partial charge is 0.391 e. The molecule has 0 spiro atoms. The molecule has 2 amide bonds. The highest BCUT2D eigenvalue weighted by atomic mass is 32.2. The molecule has 0 radical (unpaired) electrons. The SMILES string of the molecule is CCS(=O)C1CCCC(NC(=O)N2CCC(C)C(O)C2)C1. The number of rotatable bonds is 3. The molecule has 1 saturated carbocycles. The first-order valence-electron chi connectivity index (χ1n) is 8.12. The molecule has 2 aliphatic rings. The molecule has 2 fully saturated rings. The van der Waals surface area contributed by atoms with Crippen molar-refractivity contribution in [2.45, 2.75) is 63.3 Å². The van der Waals surface area contributed by atoms with Crippen LogP contribution in [0.4, 0.5) is 4.79 Å². The van der Waals surface area contributed by atoms with Gasteiger partial charge in [0.05, 0.1) is 6.10 Å². The first-order valence-corrected chi connectivity index (χ1v) is 9.50. The van der Waals surface area contributed by atoms with E-state index < -0.39 is 16.9 Å². The van der Waals surface area contributed by atoms with Crippen LogP contribution in [-0.4, -0.2) is 56.5 Å². The molecule has 21 heavy (non-hydrogen) atoms. The zero-order valence-corrected chi connectivity index (χ0v) is 13.9. The number of hydrogen-bond donors (Lipinski definition) is 2. The fourth-order valence-corrected chi connectivity index (χ4v) is 4.60. The van der Waals surface area contributed by atoms with E-state index in [1.165, 1.54) is 0 Å². The summed E-state index contributed by atoms with van der Waals surface area (Å²) in [4.78, 5) is 14.0. The molecular weight excluding hydrogens is 288 g/mol. The smallest absolute Gasteiger partial charge is 0.317 e. The number of aliphatic hydroxyl groups excluding tert-OH is 1. The fraction of sp³-hybridized carbons (Fsp3) is 0.933. The average Bonchev–Trinajstić information content (AvgIpc) is 2.49. The van der Waals surface area contributed by atoms with Crippen LogP contribution in [0, 0.1) is 5.92 Å². The number of amides is 2. The maximum atomic E-state index is 12.3. The Morgan fingerprint density at radius 2 is 2.14 bits per heavy atom. The highest BCUT2D eigenvalue weighted by Gasteiger charge is 2.30. The quantitative estimate of drug-likeness (QED) is 0.828. The van der Waals surface area contributed by atoms with Gasteiger partial charge in [0.1, 0.15) is 0 Å². The van der Waals surface area contributed by atoms with Gasteiger partial charge in [0.2, 0.25) is 0 Å². The Morgan fingerprint density at radius 1 is 1.38 bits per heavy atom. The minimum Gasteiger partial charge on any atom is -0.391 e.